The standard InChI is InChI=1S/C11H8F3NO3/c1-17-9-7(10(16)18-2)4-3-6(5-15)8(9)11(12,13)14/h3-4H,1-2H3. The third kappa shape index (κ3) is 2.37. The fourth-order valence-electron chi connectivity index (χ4n) is 1.44. The van der Waals surface area contributed by atoms with E-state index in [0.29, 0.717) is 0 Å². The molecule has 0 atom stereocenters. The second-order valence-corrected chi connectivity index (χ2v) is 3.17. The van der Waals surface area contributed by atoms with Crippen LogP contribution in [0.3, 0.4) is 0 Å². The first-order valence-electron chi connectivity index (χ1n) is 4.63. The second kappa shape index (κ2) is 4.96. The Morgan fingerprint density at radius 3 is 2.33 bits per heavy atom. The van der Waals surface area contributed by atoms with Crippen molar-refractivity contribution in [3.8, 4) is 11.8 Å². The maximum atomic E-state index is 12.8. The predicted octanol–water partition coefficient (Wildman–Crippen LogP) is 2.37. The normalized spacial score (nSPS) is 10.7. The Bertz CT molecular complexity index is 517. The van der Waals surface area contributed by atoms with E-state index in [9.17, 15) is 18.0 Å². The Morgan fingerprint density at radius 1 is 1.33 bits per heavy atom. The third-order valence-electron chi connectivity index (χ3n) is 2.17. The Balaban J connectivity index is 3.64. The lowest BCUT2D eigenvalue weighted by atomic mass is 10.0. The fraction of sp³-hybridized carbons (Fsp3) is 0.273. The molecular weight excluding hydrogens is 251 g/mol. The van der Waals surface area contributed by atoms with Crippen LogP contribution in [-0.4, -0.2) is 20.2 Å². The van der Waals surface area contributed by atoms with E-state index in [1.54, 1.807) is 0 Å². The summed E-state index contributed by atoms with van der Waals surface area (Å²) < 4.78 is 47.5. The highest BCUT2D eigenvalue weighted by Crippen LogP contribution is 2.40. The molecule has 0 unspecified atom stereocenters. The zero-order valence-electron chi connectivity index (χ0n) is 9.46. The molecule has 0 heterocycles. The van der Waals surface area contributed by atoms with E-state index in [4.69, 9.17) is 5.26 Å². The lowest BCUT2D eigenvalue weighted by Crippen LogP contribution is -2.14. The van der Waals surface area contributed by atoms with Gasteiger partial charge in [0.05, 0.1) is 25.9 Å². The van der Waals surface area contributed by atoms with E-state index in [2.05, 4.69) is 9.47 Å². The average Bonchev–Trinajstić information content (AvgIpc) is 2.34. The lowest BCUT2D eigenvalue weighted by Gasteiger charge is -2.15. The number of rotatable bonds is 2. The molecule has 0 radical (unpaired) electrons. The number of carbonyl (C=O) groups excluding carboxylic acids is 1. The molecule has 7 heteroatoms. The van der Waals surface area contributed by atoms with E-state index in [1.165, 1.54) is 6.07 Å². The summed E-state index contributed by atoms with van der Waals surface area (Å²) in [5, 5.41) is 8.67. The van der Waals surface area contributed by atoms with Gasteiger partial charge in [-0.25, -0.2) is 4.79 Å². The lowest BCUT2D eigenvalue weighted by molar-refractivity contribution is -0.139. The first-order valence-corrected chi connectivity index (χ1v) is 4.63. The highest BCUT2D eigenvalue weighted by molar-refractivity contribution is 5.93. The molecular formula is C11H8F3NO3. The van der Waals surface area contributed by atoms with Crippen LogP contribution < -0.4 is 4.74 Å². The van der Waals surface area contributed by atoms with Crippen molar-refractivity contribution in [2.75, 3.05) is 14.2 Å². The van der Waals surface area contributed by atoms with Crippen LogP contribution in [0.15, 0.2) is 12.1 Å². The monoisotopic (exact) mass is 259 g/mol. The number of alkyl halides is 3. The zero-order valence-corrected chi connectivity index (χ0v) is 9.46. The number of methoxy groups -OCH3 is 2. The van der Waals surface area contributed by atoms with Gasteiger partial charge in [-0.15, -0.1) is 0 Å². The Morgan fingerprint density at radius 2 is 1.94 bits per heavy atom. The van der Waals surface area contributed by atoms with Gasteiger partial charge in [0.15, 0.2) is 0 Å². The van der Waals surface area contributed by atoms with Crippen molar-refractivity contribution in [1.82, 2.24) is 0 Å². The van der Waals surface area contributed by atoms with Crippen molar-refractivity contribution in [3.05, 3.63) is 28.8 Å². The Kier molecular flexibility index (Phi) is 3.81. The summed E-state index contributed by atoms with van der Waals surface area (Å²) in [7, 11) is 2.02. The predicted molar refractivity (Wildman–Crippen MR) is 54.1 cm³/mol. The van der Waals surface area contributed by atoms with Gasteiger partial charge in [0.2, 0.25) is 0 Å². The molecule has 0 aliphatic rings. The maximum absolute atomic E-state index is 12.8. The summed E-state index contributed by atoms with van der Waals surface area (Å²) in [5.74, 6) is -1.68. The van der Waals surface area contributed by atoms with Gasteiger partial charge in [0.1, 0.15) is 16.9 Å². The molecule has 0 fully saturated rings. The van der Waals surface area contributed by atoms with Gasteiger partial charge >= 0.3 is 12.1 Å². The number of nitriles is 1. The number of halogens is 3. The van der Waals surface area contributed by atoms with Crippen molar-refractivity contribution >= 4 is 5.97 Å². The number of nitrogens with zero attached hydrogens (tertiary/aromatic N) is 1. The van der Waals surface area contributed by atoms with E-state index < -0.39 is 29.0 Å². The van der Waals surface area contributed by atoms with E-state index >= 15 is 0 Å². The average molecular weight is 259 g/mol. The highest BCUT2D eigenvalue weighted by Gasteiger charge is 2.39. The Labute approximate surface area is 101 Å². The molecule has 1 rings (SSSR count). The van der Waals surface area contributed by atoms with Gasteiger partial charge in [-0.05, 0) is 12.1 Å². The van der Waals surface area contributed by atoms with Crippen LogP contribution in [0.4, 0.5) is 13.2 Å². The molecule has 0 bridgehead atoms. The minimum absolute atomic E-state index is 0.383. The number of esters is 1. The summed E-state index contributed by atoms with van der Waals surface area (Å²) >= 11 is 0. The Hall–Kier alpha value is -2.23. The first kappa shape index (κ1) is 13.8. The molecule has 0 amide bonds. The minimum Gasteiger partial charge on any atom is -0.495 e. The van der Waals surface area contributed by atoms with Crippen LogP contribution in [0.25, 0.3) is 0 Å². The van der Waals surface area contributed by atoms with Gasteiger partial charge in [0, 0.05) is 0 Å². The molecule has 1 aromatic rings. The zero-order chi connectivity index (χ0) is 13.9. The SMILES string of the molecule is COC(=O)c1ccc(C#N)c(C(F)(F)F)c1OC. The van der Waals surface area contributed by atoms with Crippen molar-refractivity contribution in [3.63, 3.8) is 0 Å². The number of benzene rings is 1. The molecule has 0 aliphatic carbocycles. The number of carbonyl (C=O) groups is 1. The topological polar surface area (TPSA) is 59.3 Å². The third-order valence-corrected chi connectivity index (χ3v) is 2.17. The van der Waals surface area contributed by atoms with Gasteiger partial charge < -0.3 is 9.47 Å². The van der Waals surface area contributed by atoms with E-state index in [0.717, 1.165) is 26.4 Å². The summed E-state index contributed by atoms with van der Waals surface area (Å²) in [5.41, 5.74) is -2.28. The van der Waals surface area contributed by atoms with Crippen molar-refractivity contribution in [1.29, 1.82) is 5.26 Å². The van der Waals surface area contributed by atoms with Gasteiger partial charge in [0.25, 0.3) is 0 Å². The highest BCUT2D eigenvalue weighted by atomic mass is 19.4. The molecule has 0 N–H and O–H groups in total. The summed E-state index contributed by atoms with van der Waals surface area (Å²) in [6, 6.07) is 3.36. The maximum Gasteiger partial charge on any atom is 0.421 e. The molecule has 4 nitrogen and oxygen atoms in total. The molecule has 0 spiro atoms. The summed E-state index contributed by atoms with van der Waals surface area (Å²) in [6.07, 6.45) is -4.81. The van der Waals surface area contributed by atoms with Gasteiger partial charge in [-0.1, -0.05) is 0 Å². The molecule has 0 aromatic heterocycles. The molecule has 1 aromatic carbocycles. The summed E-state index contributed by atoms with van der Waals surface area (Å²) in [6.45, 7) is 0. The van der Waals surface area contributed by atoms with Crippen molar-refractivity contribution in [2.45, 2.75) is 6.18 Å². The molecule has 0 saturated heterocycles. The van der Waals surface area contributed by atoms with E-state index in [-0.39, 0.29) is 5.56 Å². The minimum atomic E-state index is -4.81. The van der Waals surface area contributed by atoms with Crippen LogP contribution in [0.5, 0.6) is 5.75 Å². The van der Waals surface area contributed by atoms with Crippen LogP contribution in [-0.2, 0) is 10.9 Å². The van der Waals surface area contributed by atoms with Gasteiger partial charge in [-0.3, -0.25) is 0 Å². The van der Waals surface area contributed by atoms with E-state index in [1.807, 2.05) is 0 Å². The largest absolute Gasteiger partial charge is 0.495 e. The summed E-state index contributed by atoms with van der Waals surface area (Å²) in [4.78, 5) is 11.3. The van der Waals surface area contributed by atoms with Crippen LogP contribution in [0, 0.1) is 11.3 Å². The molecule has 0 saturated carbocycles. The second-order valence-electron chi connectivity index (χ2n) is 3.17. The van der Waals surface area contributed by atoms with Gasteiger partial charge in [-0.2, -0.15) is 18.4 Å². The van der Waals surface area contributed by atoms with Crippen molar-refractivity contribution in [2.24, 2.45) is 0 Å². The number of ether oxygens (including phenoxy) is 2. The molecule has 0 aliphatic heterocycles. The fourth-order valence-corrected chi connectivity index (χ4v) is 1.44. The number of hydrogen-bond acceptors (Lipinski definition) is 4. The van der Waals surface area contributed by atoms with Crippen LogP contribution in [0.1, 0.15) is 21.5 Å². The first-order chi connectivity index (χ1) is 8.36. The number of hydrogen-bond donors (Lipinski definition) is 0. The quantitative estimate of drug-likeness (QED) is 0.765. The smallest absolute Gasteiger partial charge is 0.421 e. The van der Waals surface area contributed by atoms with Crippen LogP contribution >= 0.6 is 0 Å². The van der Waals surface area contributed by atoms with Crippen LogP contribution in [0.2, 0.25) is 0 Å². The molecule has 18 heavy (non-hydrogen) atoms. The molecule has 96 valence electrons. The van der Waals surface area contributed by atoms with Crippen molar-refractivity contribution < 1.29 is 27.4 Å².